The van der Waals surface area contributed by atoms with Crippen LogP contribution in [0.25, 0.3) is 0 Å². The molecule has 0 radical (unpaired) electrons. The van der Waals surface area contributed by atoms with Gasteiger partial charge in [0.15, 0.2) is 11.9 Å². The first-order chi connectivity index (χ1) is 10.6. The van der Waals surface area contributed by atoms with E-state index in [4.69, 9.17) is 9.26 Å². The number of rotatable bonds is 4. The number of aromatic nitrogens is 2. The number of benzene rings is 1. The molecule has 1 saturated heterocycles. The highest BCUT2D eigenvalue weighted by atomic mass is 79.9. The normalized spacial score (nSPS) is 20.8. The van der Waals surface area contributed by atoms with E-state index in [9.17, 15) is 0 Å². The van der Waals surface area contributed by atoms with Crippen molar-refractivity contribution in [3.63, 3.8) is 0 Å². The van der Waals surface area contributed by atoms with Gasteiger partial charge in [0, 0.05) is 19.6 Å². The van der Waals surface area contributed by atoms with Crippen molar-refractivity contribution >= 4 is 15.9 Å². The molecule has 0 aliphatic carbocycles. The maximum absolute atomic E-state index is 5.89. The van der Waals surface area contributed by atoms with E-state index in [0.29, 0.717) is 11.7 Å². The minimum absolute atomic E-state index is 0.141. The molecule has 1 fully saturated rings. The minimum atomic E-state index is -0.304. The second kappa shape index (κ2) is 6.76. The summed E-state index contributed by atoms with van der Waals surface area (Å²) in [6, 6.07) is 7.84. The average molecular weight is 367 g/mol. The van der Waals surface area contributed by atoms with Crippen LogP contribution >= 0.6 is 15.9 Å². The molecule has 6 nitrogen and oxygen atoms in total. The summed E-state index contributed by atoms with van der Waals surface area (Å²) in [5.41, 5.74) is 0. The van der Waals surface area contributed by atoms with E-state index in [0.717, 1.165) is 29.9 Å². The molecular weight excluding hydrogens is 348 g/mol. The second-order valence-corrected chi connectivity index (χ2v) is 6.24. The highest BCUT2D eigenvalue weighted by molar-refractivity contribution is 9.10. The fraction of sp³-hybridized carbons (Fsp3) is 0.467. The van der Waals surface area contributed by atoms with E-state index in [-0.39, 0.29) is 12.1 Å². The summed E-state index contributed by atoms with van der Waals surface area (Å²) in [7, 11) is 2.07. The van der Waals surface area contributed by atoms with E-state index in [1.165, 1.54) is 0 Å². The summed E-state index contributed by atoms with van der Waals surface area (Å²) in [5, 5.41) is 7.46. The Bertz CT molecular complexity index is 634. The van der Waals surface area contributed by atoms with Crippen LogP contribution in [-0.2, 0) is 0 Å². The van der Waals surface area contributed by atoms with E-state index < -0.39 is 0 Å². The third kappa shape index (κ3) is 3.31. The molecule has 3 rings (SSSR count). The summed E-state index contributed by atoms with van der Waals surface area (Å²) >= 11 is 3.47. The van der Waals surface area contributed by atoms with Gasteiger partial charge in [-0.3, -0.25) is 4.90 Å². The Balaban J connectivity index is 1.71. The molecule has 2 atom stereocenters. The van der Waals surface area contributed by atoms with Crippen LogP contribution < -0.4 is 10.1 Å². The Morgan fingerprint density at radius 3 is 3.05 bits per heavy atom. The van der Waals surface area contributed by atoms with Crippen LogP contribution in [0.4, 0.5) is 0 Å². The van der Waals surface area contributed by atoms with Crippen LogP contribution in [-0.4, -0.2) is 41.7 Å². The Kier molecular flexibility index (Phi) is 4.75. The van der Waals surface area contributed by atoms with Crippen molar-refractivity contribution in [1.29, 1.82) is 0 Å². The van der Waals surface area contributed by atoms with E-state index in [1.807, 2.05) is 31.2 Å². The van der Waals surface area contributed by atoms with Crippen molar-refractivity contribution < 1.29 is 9.26 Å². The van der Waals surface area contributed by atoms with Crippen LogP contribution in [0.1, 0.15) is 30.8 Å². The molecule has 118 valence electrons. The number of halogens is 1. The molecule has 0 saturated carbocycles. The van der Waals surface area contributed by atoms with Crippen molar-refractivity contribution in [1.82, 2.24) is 20.4 Å². The molecule has 0 bridgehead atoms. The predicted octanol–water partition coefficient (Wildman–Crippen LogP) is 2.55. The number of likely N-dealkylation sites (N-methyl/N-ethyl adjacent to an activating group) is 1. The molecule has 2 heterocycles. The first-order valence-corrected chi connectivity index (χ1v) is 8.10. The highest BCUT2D eigenvalue weighted by Crippen LogP contribution is 2.29. The highest BCUT2D eigenvalue weighted by Gasteiger charge is 2.26. The van der Waals surface area contributed by atoms with Gasteiger partial charge in [-0.1, -0.05) is 17.3 Å². The van der Waals surface area contributed by atoms with Crippen molar-refractivity contribution in [3.8, 4) is 5.75 Å². The standard InChI is InChI=1S/C15H19BrN4O2/c1-10(21-13-6-4-3-5-11(13)16)15-18-14(19-22-15)12-9-17-7-8-20(12)2/h3-6,10,12,17H,7-9H2,1-2H3. The number of ether oxygens (including phenoxy) is 1. The summed E-state index contributed by atoms with van der Waals surface area (Å²) in [6.45, 7) is 4.69. The van der Waals surface area contributed by atoms with Gasteiger partial charge in [0.25, 0.3) is 5.89 Å². The van der Waals surface area contributed by atoms with Gasteiger partial charge in [-0.05, 0) is 42.0 Å². The number of para-hydroxylation sites is 1. The van der Waals surface area contributed by atoms with Gasteiger partial charge in [0.1, 0.15) is 5.75 Å². The Morgan fingerprint density at radius 2 is 2.27 bits per heavy atom. The molecule has 2 unspecified atom stereocenters. The summed E-state index contributed by atoms with van der Waals surface area (Å²) in [6.07, 6.45) is -0.304. The van der Waals surface area contributed by atoms with Gasteiger partial charge >= 0.3 is 0 Å². The quantitative estimate of drug-likeness (QED) is 0.896. The zero-order valence-corrected chi connectivity index (χ0v) is 14.2. The Labute approximate surface area is 138 Å². The molecule has 7 heteroatoms. The van der Waals surface area contributed by atoms with Crippen LogP contribution in [0.3, 0.4) is 0 Å². The maximum Gasteiger partial charge on any atom is 0.267 e. The van der Waals surface area contributed by atoms with Crippen molar-refractivity contribution in [2.24, 2.45) is 0 Å². The predicted molar refractivity (Wildman–Crippen MR) is 85.7 cm³/mol. The SMILES string of the molecule is CC(Oc1ccccc1Br)c1nc(C2CNCCN2C)no1. The number of hydrogen-bond acceptors (Lipinski definition) is 6. The first kappa shape index (κ1) is 15.5. The maximum atomic E-state index is 5.89. The van der Waals surface area contributed by atoms with Gasteiger partial charge in [0.05, 0.1) is 10.5 Å². The van der Waals surface area contributed by atoms with Crippen molar-refractivity contribution in [2.75, 3.05) is 26.7 Å². The molecule has 1 N–H and O–H groups in total. The van der Waals surface area contributed by atoms with Crippen LogP contribution in [0.15, 0.2) is 33.3 Å². The van der Waals surface area contributed by atoms with Crippen LogP contribution in [0.2, 0.25) is 0 Å². The number of nitrogens with one attached hydrogen (secondary N) is 1. The Morgan fingerprint density at radius 1 is 1.45 bits per heavy atom. The van der Waals surface area contributed by atoms with Crippen molar-refractivity contribution in [3.05, 3.63) is 40.5 Å². The third-order valence-electron chi connectivity index (χ3n) is 3.75. The number of hydrogen-bond donors (Lipinski definition) is 1. The first-order valence-electron chi connectivity index (χ1n) is 7.31. The molecule has 1 aliphatic heterocycles. The van der Waals surface area contributed by atoms with Crippen molar-refractivity contribution in [2.45, 2.75) is 19.1 Å². The zero-order chi connectivity index (χ0) is 15.5. The molecule has 1 aromatic carbocycles. The molecule has 22 heavy (non-hydrogen) atoms. The Hall–Kier alpha value is -1.44. The van der Waals surface area contributed by atoms with E-state index >= 15 is 0 Å². The second-order valence-electron chi connectivity index (χ2n) is 5.38. The molecule has 0 spiro atoms. The lowest BCUT2D eigenvalue weighted by molar-refractivity contribution is 0.172. The van der Waals surface area contributed by atoms with E-state index in [2.05, 4.69) is 43.3 Å². The van der Waals surface area contributed by atoms with Gasteiger partial charge in [-0.25, -0.2) is 0 Å². The summed E-state index contributed by atoms with van der Waals surface area (Å²) < 4.78 is 12.2. The zero-order valence-electron chi connectivity index (χ0n) is 12.6. The fourth-order valence-corrected chi connectivity index (χ4v) is 2.80. The lowest BCUT2D eigenvalue weighted by Gasteiger charge is -2.30. The lowest BCUT2D eigenvalue weighted by Crippen LogP contribution is -2.44. The van der Waals surface area contributed by atoms with Crippen LogP contribution in [0, 0.1) is 0 Å². The van der Waals surface area contributed by atoms with Gasteiger partial charge in [-0.15, -0.1) is 0 Å². The van der Waals surface area contributed by atoms with Gasteiger partial charge < -0.3 is 14.6 Å². The minimum Gasteiger partial charge on any atom is -0.480 e. The fourth-order valence-electron chi connectivity index (χ4n) is 2.42. The lowest BCUT2D eigenvalue weighted by atomic mass is 10.2. The topological polar surface area (TPSA) is 63.4 Å². The molecule has 0 amide bonds. The average Bonchev–Trinajstić information content (AvgIpc) is 3.00. The number of piperazine rings is 1. The number of nitrogens with zero attached hydrogens (tertiary/aromatic N) is 3. The summed E-state index contributed by atoms with van der Waals surface area (Å²) in [4.78, 5) is 6.74. The molecule has 1 aliphatic rings. The molecule has 1 aromatic heterocycles. The largest absolute Gasteiger partial charge is 0.480 e. The van der Waals surface area contributed by atoms with Crippen LogP contribution in [0.5, 0.6) is 5.75 Å². The van der Waals surface area contributed by atoms with Gasteiger partial charge in [0.2, 0.25) is 0 Å². The summed E-state index contributed by atoms with van der Waals surface area (Å²) in [5.74, 6) is 1.95. The van der Waals surface area contributed by atoms with E-state index in [1.54, 1.807) is 0 Å². The monoisotopic (exact) mass is 366 g/mol. The van der Waals surface area contributed by atoms with Gasteiger partial charge in [-0.2, -0.15) is 4.98 Å². The smallest absolute Gasteiger partial charge is 0.267 e. The third-order valence-corrected chi connectivity index (χ3v) is 4.41. The molecule has 2 aromatic rings. The molecular formula is C15H19BrN4O2.